The first-order valence-electron chi connectivity index (χ1n) is 10.5. The number of aromatic nitrogens is 1. The van der Waals surface area contributed by atoms with Crippen LogP contribution < -0.4 is 5.32 Å². The topological polar surface area (TPSA) is 61.2 Å². The van der Waals surface area contributed by atoms with Crippen LogP contribution in [-0.4, -0.2) is 36.2 Å². The van der Waals surface area contributed by atoms with Gasteiger partial charge in [-0.1, -0.05) is 35.3 Å². The van der Waals surface area contributed by atoms with Gasteiger partial charge in [0.1, 0.15) is 6.07 Å². The van der Waals surface area contributed by atoms with E-state index in [1.807, 2.05) is 6.07 Å². The van der Waals surface area contributed by atoms with E-state index in [-0.39, 0.29) is 0 Å². The number of fused-ring (bicyclic) bond motifs is 1. The molecule has 0 radical (unpaired) electrons. The highest BCUT2D eigenvalue weighted by Crippen LogP contribution is 2.35. The van der Waals surface area contributed by atoms with Crippen molar-refractivity contribution in [3.05, 3.63) is 74.5 Å². The molecule has 0 aliphatic carbocycles. The Labute approximate surface area is 206 Å². The lowest BCUT2D eigenvalue weighted by Gasteiger charge is -2.25. The average molecular weight is 495 g/mol. The van der Waals surface area contributed by atoms with Gasteiger partial charge in [0, 0.05) is 41.1 Å². The summed E-state index contributed by atoms with van der Waals surface area (Å²) in [6, 6.07) is 15.8. The zero-order valence-corrected chi connectivity index (χ0v) is 20.0. The molecule has 5 nitrogen and oxygen atoms in total. The molecule has 1 fully saturated rings. The van der Waals surface area contributed by atoms with Crippen LogP contribution in [0.5, 0.6) is 0 Å². The van der Waals surface area contributed by atoms with E-state index in [0.717, 1.165) is 49.3 Å². The second kappa shape index (κ2) is 9.68. The molecule has 0 spiro atoms. The van der Waals surface area contributed by atoms with Crippen LogP contribution in [-0.2, 0) is 11.3 Å². The molecule has 0 saturated carbocycles. The average Bonchev–Trinajstić information content (AvgIpc) is 3.29. The van der Waals surface area contributed by atoms with Gasteiger partial charge in [-0.2, -0.15) is 5.26 Å². The number of pyridine rings is 1. The first-order valence-corrected chi connectivity index (χ1v) is 12.2. The monoisotopic (exact) mass is 494 g/mol. The Morgan fingerprint density at radius 2 is 1.94 bits per heavy atom. The number of rotatable bonds is 5. The van der Waals surface area contributed by atoms with Crippen LogP contribution in [0.15, 0.2) is 54.0 Å². The van der Waals surface area contributed by atoms with Crippen molar-refractivity contribution in [2.24, 2.45) is 0 Å². The molecule has 8 heteroatoms. The van der Waals surface area contributed by atoms with Crippen molar-refractivity contribution in [2.75, 3.05) is 31.6 Å². The third-order valence-corrected chi connectivity index (χ3v) is 7.12. The van der Waals surface area contributed by atoms with E-state index in [9.17, 15) is 5.26 Å². The van der Waals surface area contributed by atoms with E-state index >= 15 is 0 Å². The highest BCUT2D eigenvalue weighted by Gasteiger charge is 2.15. The molecule has 1 saturated heterocycles. The second-order valence-corrected chi connectivity index (χ2v) is 9.67. The van der Waals surface area contributed by atoms with Crippen molar-refractivity contribution < 1.29 is 4.74 Å². The van der Waals surface area contributed by atoms with Gasteiger partial charge in [0.2, 0.25) is 0 Å². The Kier molecular flexibility index (Phi) is 6.50. The largest absolute Gasteiger partial charge is 0.379 e. The number of thiophene rings is 1. The van der Waals surface area contributed by atoms with Crippen LogP contribution in [0.25, 0.3) is 22.0 Å². The van der Waals surface area contributed by atoms with E-state index in [1.165, 1.54) is 10.4 Å². The quantitative estimate of drug-likeness (QED) is 0.333. The van der Waals surface area contributed by atoms with Crippen molar-refractivity contribution in [3.8, 4) is 17.2 Å². The third kappa shape index (κ3) is 4.84. The lowest BCUT2D eigenvalue weighted by atomic mass is 10.0. The first kappa shape index (κ1) is 22.1. The van der Waals surface area contributed by atoms with Crippen molar-refractivity contribution in [1.29, 1.82) is 5.26 Å². The predicted octanol–water partition coefficient (Wildman–Crippen LogP) is 6.72. The molecule has 1 aliphatic heterocycles. The molecule has 1 aliphatic rings. The van der Waals surface area contributed by atoms with Gasteiger partial charge in [-0.15, -0.1) is 11.3 Å². The summed E-state index contributed by atoms with van der Waals surface area (Å²) in [6.45, 7) is 4.50. The van der Waals surface area contributed by atoms with Crippen LogP contribution in [0.1, 0.15) is 10.4 Å². The van der Waals surface area contributed by atoms with Gasteiger partial charge in [0.15, 0.2) is 0 Å². The molecule has 0 unspecified atom stereocenters. The molecule has 5 rings (SSSR count). The van der Waals surface area contributed by atoms with Gasteiger partial charge in [-0.25, -0.2) is 0 Å². The Balaban J connectivity index is 1.46. The third-order valence-electron chi connectivity index (χ3n) is 5.65. The van der Waals surface area contributed by atoms with Crippen LogP contribution in [0, 0.1) is 11.3 Å². The molecule has 33 heavy (non-hydrogen) atoms. The summed E-state index contributed by atoms with van der Waals surface area (Å²) in [7, 11) is 0. The molecular formula is C25H20Cl2N4OS. The molecule has 0 amide bonds. The van der Waals surface area contributed by atoms with Crippen molar-refractivity contribution in [1.82, 2.24) is 9.88 Å². The number of nitrogens with zero attached hydrogens (tertiary/aromatic N) is 3. The minimum absolute atomic E-state index is 0.449. The summed E-state index contributed by atoms with van der Waals surface area (Å²) in [5, 5.41) is 17.0. The smallest absolute Gasteiger partial charge is 0.103 e. The number of hydrogen-bond acceptors (Lipinski definition) is 6. The summed E-state index contributed by atoms with van der Waals surface area (Å²) in [4.78, 5) is 8.30. The number of anilines is 2. The Morgan fingerprint density at radius 3 is 2.73 bits per heavy atom. The van der Waals surface area contributed by atoms with Crippen LogP contribution in [0.2, 0.25) is 10.0 Å². The zero-order chi connectivity index (χ0) is 22.8. The normalized spacial score (nSPS) is 14.3. The van der Waals surface area contributed by atoms with Crippen molar-refractivity contribution in [2.45, 2.75) is 6.54 Å². The summed E-state index contributed by atoms with van der Waals surface area (Å²) in [6.07, 6.45) is 1.59. The predicted molar refractivity (Wildman–Crippen MR) is 136 cm³/mol. The van der Waals surface area contributed by atoms with Gasteiger partial charge in [0.05, 0.1) is 40.7 Å². The summed E-state index contributed by atoms with van der Waals surface area (Å²) in [5.74, 6) is 0. The fourth-order valence-electron chi connectivity index (χ4n) is 3.91. The number of nitriles is 1. The summed E-state index contributed by atoms with van der Waals surface area (Å²) < 4.78 is 5.44. The number of benzene rings is 2. The number of halogens is 2. The van der Waals surface area contributed by atoms with Crippen LogP contribution in [0.3, 0.4) is 0 Å². The molecule has 3 heterocycles. The highest BCUT2D eigenvalue weighted by molar-refractivity contribution is 7.10. The van der Waals surface area contributed by atoms with E-state index in [1.54, 1.807) is 35.7 Å². The minimum atomic E-state index is 0.449. The molecule has 2 aromatic heterocycles. The maximum atomic E-state index is 9.64. The molecule has 1 N–H and O–H groups in total. The molecular weight excluding hydrogens is 475 g/mol. The van der Waals surface area contributed by atoms with Crippen molar-refractivity contribution >= 4 is 56.8 Å². The fraction of sp³-hybridized carbons (Fsp3) is 0.200. The second-order valence-electron chi connectivity index (χ2n) is 7.83. The minimum Gasteiger partial charge on any atom is -0.379 e. The number of ether oxygens (including phenoxy) is 1. The maximum absolute atomic E-state index is 9.64. The lowest BCUT2D eigenvalue weighted by molar-refractivity contribution is 0.0346. The number of hydrogen-bond donors (Lipinski definition) is 1. The summed E-state index contributed by atoms with van der Waals surface area (Å²) >= 11 is 14.1. The highest BCUT2D eigenvalue weighted by atomic mass is 35.5. The lowest BCUT2D eigenvalue weighted by Crippen LogP contribution is -2.35. The van der Waals surface area contributed by atoms with Crippen LogP contribution in [0.4, 0.5) is 11.4 Å². The van der Waals surface area contributed by atoms with E-state index in [0.29, 0.717) is 27.0 Å². The SMILES string of the molecule is N#Cc1cnc2cc(-c3csc(CN4CCOCC4)c3)ccc2c1Nc1ccc(Cl)cc1Cl. The molecule has 0 bridgehead atoms. The summed E-state index contributed by atoms with van der Waals surface area (Å²) in [5.41, 5.74) is 4.88. The van der Waals surface area contributed by atoms with E-state index in [4.69, 9.17) is 27.9 Å². The number of morpholine rings is 1. The van der Waals surface area contributed by atoms with Gasteiger partial charge in [0.25, 0.3) is 0 Å². The van der Waals surface area contributed by atoms with E-state index < -0.39 is 0 Å². The van der Waals surface area contributed by atoms with Gasteiger partial charge in [-0.3, -0.25) is 9.88 Å². The maximum Gasteiger partial charge on any atom is 0.103 e. The zero-order valence-electron chi connectivity index (χ0n) is 17.6. The molecule has 2 aromatic carbocycles. The Bertz CT molecular complexity index is 1360. The fourth-order valence-corrected chi connectivity index (χ4v) is 5.30. The van der Waals surface area contributed by atoms with Crippen LogP contribution >= 0.6 is 34.5 Å². The van der Waals surface area contributed by atoms with Crippen molar-refractivity contribution in [3.63, 3.8) is 0 Å². The molecule has 0 atom stereocenters. The molecule has 4 aromatic rings. The van der Waals surface area contributed by atoms with Gasteiger partial charge in [-0.05, 0) is 46.8 Å². The molecule has 166 valence electrons. The van der Waals surface area contributed by atoms with E-state index in [2.05, 4.69) is 44.8 Å². The van der Waals surface area contributed by atoms with Gasteiger partial charge < -0.3 is 10.1 Å². The standard InChI is InChI=1S/C25H20Cl2N4OS/c26-19-2-4-23(22(27)11-19)30-25-18(12-28)13-29-24-10-16(1-3-21(24)25)17-9-20(33-15-17)14-31-5-7-32-8-6-31/h1-4,9-11,13,15H,5-8,14H2,(H,29,30). The number of nitrogens with one attached hydrogen (secondary N) is 1. The Morgan fingerprint density at radius 1 is 1.09 bits per heavy atom. The van der Waals surface area contributed by atoms with Gasteiger partial charge >= 0.3 is 0 Å². The first-order chi connectivity index (χ1) is 16.1. The Hall–Kier alpha value is -2.66.